The van der Waals surface area contributed by atoms with Crippen LogP contribution in [0.2, 0.25) is 0 Å². The number of ether oxygens (including phenoxy) is 1. The Labute approximate surface area is 126 Å². The lowest BCUT2D eigenvalue weighted by molar-refractivity contribution is -0.121. The van der Waals surface area contributed by atoms with E-state index in [2.05, 4.69) is 6.58 Å². The van der Waals surface area contributed by atoms with Crippen molar-refractivity contribution >= 4 is 40.3 Å². The van der Waals surface area contributed by atoms with Gasteiger partial charge in [0.1, 0.15) is 15.8 Å². The lowest BCUT2D eigenvalue weighted by Crippen LogP contribution is -2.27. The maximum atomic E-state index is 12.2. The Hall–Kier alpha value is -1.79. The first-order valence-corrected chi connectivity index (χ1v) is 7.02. The number of phenols is 1. The zero-order valence-electron chi connectivity index (χ0n) is 10.8. The normalized spacial score (nSPS) is 16.9. The molecule has 0 aromatic heterocycles. The van der Waals surface area contributed by atoms with Gasteiger partial charge in [-0.25, -0.2) is 0 Å². The molecule has 1 fully saturated rings. The van der Waals surface area contributed by atoms with E-state index in [1.54, 1.807) is 31.4 Å². The number of carbonyl (C=O) groups excluding carboxylic acids is 1. The summed E-state index contributed by atoms with van der Waals surface area (Å²) in [7, 11) is 1.54. The molecule has 1 amide bonds. The highest BCUT2D eigenvalue weighted by atomic mass is 32.2. The number of rotatable bonds is 4. The summed E-state index contributed by atoms with van der Waals surface area (Å²) in [5.41, 5.74) is 0.517. The number of thioether (sulfide) groups is 1. The minimum atomic E-state index is -0.179. The van der Waals surface area contributed by atoms with E-state index in [-0.39, 0.29) is 11.7 Å². The SMILES string of the molecule is C=CCN1C(=O)/C(=C/c2cc(OC)ccc2O)SC1=S. The van der Waals surface area contributed by atoms with Crippen molar-refractivity contribution in [3.63, 3.8) is 0 Å². The molecule has 1 aliphatic rings. The number of carbonyl (C=O) groups is 1. The molecule has 0 radical (unpaired) electrons. The number of hydrogen-bond donors (Lipinski definition) is 1. The molecule has 0 atom stereocenters. The Balaban J connectivity index is 2.34. The van der Waals surface area contributed by atoms with Gasteiger partial charge in [0.25, 0.3) is 5.91 Å². The third-order valence-corrected chi connectivity index (χ3v) is 4.08. The van der Waals surface area contributed by atoms with Crippen molar-refractivity contribution in [2.24, 2.45) is 0 Å². The predicted molar refractivity (Wildman–Crippen MR) is 84.7 cm³/mol. The van der Waals surface area contributed by atoms with E-state index in [1.807, 2.05) is 0 Å². The van der Waals surface area contributed by atoms with Gasteiger partial charge in [-0.15, -0.1) is 6.58 Å². The predicted octanol–water partition coefficient (Wildman–Crippen LogP) is 2.79. The topological polar surface area (TPSA) is 49.8 Å². The molecule has 1 N–H and O–H groups in total. The highest BCUT2D eigenvalue weighted by Gasteiger charge is 2.31. The van der Waals surface area contributed by atoms with Crippen molar-refractivity contribution < 1.29 is 14.6 Å². The molecule has 1 aromatic rings. The van der Waals surface area contributed by atoms with Gasteiger partial charge in [0.15, 0.2) is 0 Å². The van der Waals surface area contributed by atoms with E-state index in [4.69, 9.17) is 17.0 Å². The number of amides is 1. The summed E-state index contributed by atoms with van der Waals surface area (Å²) in [6, 6.07) is 4.83. The van der Waals surface area contributed by atoms with Crippen molar-refractivity contribution in [1.82, 2.24) is 4.90 Å². The van der Waals surface area contributed by atoms with Gasteiger partial charge in [-0.2, -0.15) is 0 Å². The molecule has 1 aliphatic heterocycles. The molecule has 1 heterocycles. The minimum Gasteiger partial charge on any atom is -0.507 e. The van der Waals surface area contributed by atoms with Crippen LogP contribution in [0.15, 0.2) is 35.8 Å². The summed E-state index contributed by atoms with van der Waals surface area (Å²) in [6.07, 6.45) is 3.23. The molecule has 0 saturated carbocycles. The number of phenolic OH excluding ortho intramolecular Hbond substituents is 1. The maximum absolute atomic E-state index is 12.2. The van der Waals surface area contributed by atoms with Gasteiger partial charge in [-0.3, -0.25) is 9.69 Å². The molecule has 104 valence electrons. The van der Waals surface area contributed by atoms with Gasteiger partial charge in [-0.1, -0.05) is 30.1 Å². The fourth-order valence-corrected chi connectivity index (χ4v) is 2.97. The fraction of sp³-hybridized carbons (Fsp3) is 0.143. The summed E-state index contributed by atoms with van der Waals surface area (Å²) in [6.45, 7) is 3.98. The van der Waals surface area contributed by atoms with Crippen molar-refractivity contribution in [1.29, 1.82) is 0 Å². The monoisotopic (exact) mass is 307 g/mol. The van der Waals surface area contributed by atoms with Crippen molar-refractivity contribution in [3.05, 3.63) is 41.3 Å². The first-order valence-electron chi connectivity index (χ1n) is 5.80. The van der Waals surface area contributed by atoms with Crippen LogP contribution in [-0.2, 0) is 4.79 Å². The van der Waals surface area contributed by atoms with Gasteiger partial charge in [0.05, 0.1) is 12.0 Å². The zero-order chi connectivity index (χ0) is 14.7. The lowest BCUT2D eigenvalue weighted by Gasteiger charge is -2.10. The molecule has 0 unspecified atom stereocenters. The summed E-state index contributed by atoms with van der Waals surface area (Å²) in [5.74, 6) is 0.512. The maximum Gasteiger partial charge on any atom is 0.266 e. The molecule has 20 heavy (non-hydrogen) atoms. The second kappa shape index (κ2) is 6.11. The van der Waals surface area contributed by atoms with Crippen LogP contribution in [-0.4, -0.2) is 33.9 Å². The second-order valence-electron chi connectivity index (χ2n) is 4.01. The number of hydrogen-bond acceptors (Lipinski definition) is 5. The van der Waals surface area contributed by atoms with E-state index in [0.29, 0.717) is 27.1 Å². The van der Waals surface area contributed by atoms with Crippen LogP contribution >= 0.6 is 24.0 Å². The van der Waals surface area contributed by atoms with Gasteiger partial charge in [-0.05, 0) is 24.3 Å². The minimum absolute atomic E-state index is 0.0831. The van der Waals surface area contributed by atoms with E-state index in [1.165, 1.54) is 22.7 Å². The van der Waals surface area contributed by atoms with Gasteiger partial charge >= 0.3 is 0 Å². The zero-order valence-corrected chi connectivity index (χ0v) is 12.5. The Morgan fingerprint density at radius 2 is 2.30 bits per heavy atom. The fourth-order valence-electron chi connectivity index (χ4n) is 1.70. The second-order valence-corrected chi connectivity index (χ2v) is 5.68. The van der Waals surface area contributed by atoms with E-state index >= 15 is 0 Å². The van der Waals surface area contributed by atoms with Crippen molar-refractivity contribution in [2.45, 2.75) is 0 Å². The molecule has 6 heteroatoms. The van der Waals surface area contributed by atoms with E-state index < -0.39 is 0 Å². The first kappa shape index (κ1) is 14.6. The van der Waals surface area contributed by atoms with E-state index in [0.717, 1.165) is 0 Å². The lowest BCUT2D eigenvalue weighted by atomic mass is 10.1. The Kier molecular flexibility index (Phi) is 4.46. The van der Waals surface area contributed by atoms with Crippen LogP contribution in [0.25, 0.3) is 6.08 Å². The van der Waals surface area contributed by atoms with Crippen molar-refractivity contribution in [2.75, 3.05) is 13.7 Å². The highest BCUT2D eigenvalue weighted by molar-refractivity contribution is 8.26. The molecular weight excluding hydrogens is 294 g/mol. The number of nitrogens with zero attached hydrogens (tertiary/aromatic N) is 1. The Morgan fingerprint density at radius 3 is 2.95 bits per heavy atom. The summed E-state index contributed by atoms with van der Waals surface area (Å²) < 4.78 is 5.59. The molecule has 0 aliphatic carbocycles. The van der Waals surface area contributed by atoms with Crippen LogP contribution in [0, 0.1) is 0 Å². The third-order valence-electron chi connectivity index (χ3n) is 2.71. The largest absolute Gasteiger partial charge is 0.507 e. The third kappa shape index (κ3) is 2.86. The van der Waals surface area contributed by atoms with Gasteiger partial charge in [0, 0.05) is 12.1 Å². The van der Waals surface area contributed by atoms with Crippen molar-refractivity contribution in [3.8, 4) is 11.5 Å². The Morgan fingerprint density at radius 1 is 1.55 bits per heavy atom. The Bertz CT molecular complexity index is 610. The number of methoxy groups -OCH3 is 1. The smallest absolute Gasteiger partial charge is 0.266 e. The van der Waals surface area contributed by atoms with Crippen LogP contribution in [0.4, 0.5) is 0 Å². The standard InChI is InChI=1S/C14H13NO3S2/c1-3-6-15-13(17)12(20-14(15)19)8-9-7-10(18-2)4-5-11(9)16/h3-5,7-8,16H,1,6H2,2H3/b12-8-. The molecule has 4 nitrogen and oxygen atoms in total. The average Bonchev–Trinajstić information content (AvgIpc) is 2.69. The van der Waals surface area contributed by atoms with E-state index in [9.17, 15) is 9.90 Å². The molecule has 0 bridgehead atoms. The summed E-state index contributed by atoms with van der Waals surface area (Å²) in [5, 5.41) is 9.83. The first-order chi connectivity index (χ1) is 9.56. The average molecular weight is 307 g/mol. The summed E-state index contributed by atoms with van der Waals surface area (Å²) >= 11 is 6.36. The number of thiocarbonyl (C=S) groups is 1. The molecular formula is C14H13NO3S2. The van der Waals surface area contributed by atoms with Crippen LogP contribution in [0.3, 0.4) is 0 Å². The number of benzene rings is 1. The van der Waals surface area contributed by atoms with Crippen LogP contribution in [0.1, 0.15) is 5.56 Å². The van der Waals surface area contributed by atoms with Crippen LogP contribution in [0.5, 0.6) is 11.5 Å². The van der Waals surface area contributed by atoms with Gasteiger partial charge in [0.2, 0.25) is 0 Å². The number of aromatic hydroxyl groups is 1. The summed E-state index contributed by atoms with van der Waals surface area (Å²) in [4.78, 5) is 14.1. The molecule has 0 spiro atoms. The quantitative estimate of drug-likeness (QED) is 0.526. The molecule has 2 rings (SSSR count). The molecule has 1 saturated heterocycles. The highest BCUT2D eigenvalue weighted by Crippen LogP contribution is 2.34. The molecule has 1 aromatic carbocycles. The van der Waals surface area contributed by atoms with Gasteiger partial charge < -0.3 is 9.84 Å². The van der Waals surface area contributed by atoms with Crippen LogP contribution < -0.4 is 4.74 Å².